The predicted octanol–water partition coefficient (Wildman–Crippen LogP) is 2.36. The highest BCUT2D eigenvalue weighted by atomic mass is 16.5. The Kier molecular flexibility index (Phi) is 5.46. The van der Waals surface area contributed by atoms with Gasteiger partial charge in [-0.15, -0.1) is 0 Å². The second kappa shape index (κ2) is 6.88. The van der Waals surface area contributed by atoms with E-state index in [1.807, 2.05) is 0 Å². The molecule has 18 heavy (non-hydrogen) atoms. The Labute approximate surface area is 112 Å². The van der Waals surface area contributed by atoms with Crippen LogP contribution in [0.15, 0.2) is 0 Å². The van der Waals surface area contributed by atoms with Crippen molar-refractivity contribution in [3.05, 3.63) is 0 Å². The fraction of sp³-hybridized carbons (Fsp3) is 1.00. The summed E-state index contributed by atoms with van der Waals surface area (Å²) in [5, 5.41) is 0. The van der Waals surface area contributed by atoms with E-state index in [0.717, 1.165) is 18.7 Å². The predicted molar refractivity (Wildman–Crippen MR) is 76.0 cm³/mol. The maximum atomic E-state index is 5.60. The molecule has 0 aromatic rings. The number of rotatable bonds is 6. The van der Waals surface area contributed by atoms with Crippen LogP contribution in [0.1, 0.15) is 46.5 Å². The molecule has 2 aliphatic rings. The van der Waals surface area contributed by atoms with E-state index in [1.54, 1.807) is 0 Å². The Morgan fingerprint density at radius 1 is 1.22 bits per heavy atom. The molecule has 0 amide bonds. The van der Waals surface area contributed by atoms with Crippen molar-refractivity contribution in [1.82, 2.24) is 9.80 Å². The number of unbranched alkanes of at least 4 members (excludes halogenated alkanes) is 1. The Balaban J connectivity index is 1.63. The van der Waals surface area contributed by atoms with Crippen molar-refractivity contribution in [2.24, 2.45) is 0 Å². The minimum absolute atomic E-state index is 0.381. The summed E-state index contributed by atoms with van der Waals surface area (Å²) in [7, 11) is 0. The molecule has 2 unspecified atom stereocenters. The third-order valence-corrected chi connectivity index (χ3v) is 4.36. The monoisotopic (exact) mass is 254 g/mol. The first-order valence-electron chi connectivity index (χ1n) is 7.76. The zero-order valence-corrected chi connectivity index (χ0v) is 12.4. The molecule has 106 valence electrons. The summed E-state index contributed by atoms with van der Waals surface area (Å²) in [6, 6.07) is 1.60. The molecule has 2 rings (SSSR count). The van der Waals surface area contributed by atoms with Crippen molar-refractivity contribution in [3.63, 3.8) is 0 Å². The Morgan fingerprint density at radius 2 is 2.06 bits per heavy atom. The molecule has 0 bridgehead atoms. The molecule has 0 radical (unpaired) electrons. The largest absolute Gasteiger partial charge is 0.379 e. The summed E-state index contributed by atoms with van der Waals surface area (Å²) >= 11 is 0. The van der Waals surface area contributed by atoms with Crippen LogP contribution in [0.5, 0.6) is 0 Å². The summed E-state index contributed by atoms with van der Waals surface area (Å²) in [5.41, 5.74) is 0. The lowest BCUT2D eigenvalue weighted by molar-refractivity contribution is 0.0496. The molecule has 2 atom stereocenters. The van der Waals surface area contributed by atoms with Crippen LogP contribution >= 0.6 is 0 Å². The van der Waals surface area contributed by atoms with Gasteiger partial charge >= 0.3 is 0 Å². The topological polar surface area (TPSA) is 15.7 Å². The molecular weight excluding hydrogens is 224 g/mol. The summed E-state index contributed by atoms with van der Waals surface area (Å²) < 4.78 is 5.60. The Hall–Kier alpha value is -0.120. The lowest BCUT2D eigenvalue weighted by atomic mass is 10.1. The van der Waals surface area contributed by atoms with Gasteiger partial charge in [0.15, 0.2) is 0 Å². The van der Waals surface area contributed by atoms with Crippen LogP contribution in [0.4, 0.5) is 0 Å². The number of ether oxygens (including phenoxy) is 1. The van der Waals surface area contributed by atoms with Crippen LogP contribution in [0.3, 0.4) is 0 Å². The van der Waals surface area contributed by atoms with Crippen LogP contribution in [-0.4, -0.2) is 60.8 Å². The molecule has 0 aromatic carbocycles. The van der Waals surface area contributed by atoms with Crippen molar-refractivity contribution < 1.29 is 4.74 Å². The third kappa shape index (κ3) is 3.94. The molecule has 0 aromatic heterocycles. The Bertz CT molecular complexity index is 245. The smallest absolute Gasteiger partial charge is 0.0518 e. The lowest BCUT2D eigenvalue weighted by Gasteiger charge is -2.42. The number of fused-ring (bicyclic) bond motifs is 1. The van der Waals surface area contributed by atoms with Gasteiger partial charge in [-0.3, -0.25) is 9.80 Å². The van der Waals surface area contributed by atoms with E-state index in [2.05, 4.69) is 30.6 Å². The molecule has 0 N–H and O–H groups in total. The first kappa shape index (κ1) is 14.3. The van der Waals surface area contributed by atoms with Crippen molar-refractivity contribution in [2.45, 2.75) is 64.6 Å². The minimum Gasteiger partial charge on any atom is -0.379 e. The van der Waals surface area contributed by atoms with Gasteiger partial charge in [-0.2, -0.15) is 0 Å². The highest BCUT2D eigenvalue weighted by Crippen LogP contribution is 2.24. The van der Waals surface area contributed by atoms with E-state index in [4.69, 9.17) is 4.74 Å². The first-order valence-corrected chi connectivity index (χ1v) is 7.76. The molecule has 2 saturated heterocycles. The fourth-order valence-electron chi connectivity index (χ4n) is 3.30. The number of hydrogen-bond acceptors (Lipinski definition) is 3. The molecule has 0 saturated carbocycles. The molecule has 2 fully saturated rings. The molecule has 2 aliphatic heterocycles. The van der Waals surface area contributed by atoms with E-state index in [1.165, 1.54) is 51.9 Å². The molecular formula is C15H30N2O. The van der Waals surface area contributed by atoms with Gasteiger partial charge in [-0.1, -0.05) is 0 Å². The van der Waals surface area contributed by atoms with E-state index in [-0.39, 0.29) is 0 Å². The first-order chi connectivity index (χ1) is 8.66. The van der Waals surface area contributed by atoms with Crippen molar-refractivity contribution in [1.29, 1.82) is 0 Å². The van der Waals surface area contributed by atoms with Crippen molar-refractivity contribution in [2.75, 3.05) is 32.8 Å². The van der Waals surface area contributed by atoms with Gasteiger partial charge in [0, 0.05) is 31.8 Å². The van der Waals surface area contributed by atoms with Crippen molar-refractivity contribution >= 4 is 0 Å². The molecule has 0 aliphatic carbocycles. The normalized spacial score (nSPS) is 30.0. The fourth-order valence-corrected chi connectivity index (χ4v) is 3.30. The van der Waals surface area contributed by atoms with Crippen LogP contribution in [0.2, 0.25) is 0 Å². The molecule has 3 heteroatoms. The summed E-state index contributed by atoms with van der Waals surface area (Å²) in [6.45, 7) is 12.7. The second-order valence-corrected chi connectivity index (χ2v) is 6.26. The van der Waals surface area contributed by atoms with Gasteiger partial charge in [0.05, 0.1) is 6.10 Å². The highest BCUT2D eigenvalue weighted by molar-refractivity contribution is 4.90. The van der Waals surface area contributed by atoms with Crippen LogP contribution in [0, 0.1) is 0 Å². The zero-order chi connectivity index (χ0) is 13.0. The Morgan fingerprint density at radius 3 is 2.83 bits per heavy atom. The van der Waals surface area contributed by atoms with Gasteiger partial charge in [0.2, 0.25) is 0 Å². The number of hydrogen-bond donors (Lipinski definition) is 0. The van der Waals surface area contributed by atoms with Crippen LogP contribution < -0.4 is 0 Å². The van der Waals surface area contributed by atoms with Gasteiger partial charge in [-0.05, 0) is 59.5 Å². The maximum Gasteiger partial charge on any atom is 0.0518 e. The minimum atomic E-state index is 0.381. The van der Waals surface area contributed by atoms with Crippen molar-refractivity contribution in [3.8, 4) is 0 Å². The average molecular weight is 254 g/mol. The maximum absolute atomic E-state index is 5.60. The zero-order valence-electron chi connectivity index (χ0n) is 12.4. The van der Waals surface area contributed by atoms with E-state index in [0.29, 0.717) is 6.10 Å². The lowest BCUT2D eigenvalue weighted by Crippen LogP contribution is -2.55. The van der Waals surface area contributed by atoms with Crippen LogP contribution in [0.25, 0.3) is 0 Å². The van der Waals surface area contributed by atoms with E-state index in [9.17, 15) is 0 Å². The SMILES string of the molecule is CC(C)OCCCCN1CC2CCCN2CC1C. The number of nitrogens with zero attached hydrogens (tertiary/aromatic N) is 2. The summed E-state index contributed by atoms with van der Waals surface area (Å²) in [6.07, 6.45) is 5.69. The van der Waals surface area contributed by atoms with Gasteiger partial charge in [-0.25, -0.2) is 0 Å². The molecule has 2 heterocycles. The molecule has 3 nitrogen and oxygen atoms in total. The average Bonchev–Trinajstić information content (AvgIpc) is 2.75. The quantitative estimate of drug-likeness (QED) is 0.677. The highest BCUT2D eigenvalue weighted by Gasteiger charge is 2.33. The van der Waals surface area contributed by atoms with Gasteiger partial charge in [0.1, 0.15) is 0 Å². The summed E-state index contributed by atoms with van der Waals surface area (Å²) in [4.78, 5) is 5.39. The summed E-state index contributed by atoms with van der Waals surface area (Å²) in [5.74, 6) is 0. The third-order valence-electron chi connectivity index (χ3n) is 4.36. The van der Waals surface area contributed by atoms with E-state index < -0.39 is 0 Å². The molecule has 0 spiro atoms. The van der Waals surface area contributed by atoms with Gasteiger partial charge < -0.3 is 4.74 Å². The second-order valence-electron chi connectivity index (χ2n) is 6.26. The van der Waals surface area contributed by atoms with Gasteiger partial charge in [0.25, 0.3) is 0 Å². The van der Waals surface area contributed by atoms with Crippen LogP contribution in [-0.2, 0) is 4.74 Å². The standard InChI is InChI=1S/C15H30N2O/c1-13(2)18-10-5-4-8-16-12-15-7-6-9-17(15)11-14(16)3/h13-15H,4-12H2,1-3H3. The van der Waals surface area contributed by atoms with E-state index >= 15 is 0 Å². The number of piperazine rings is 1.